The molecule has 0 amide bonds. The second-order valence-electron chi connectivity index (χ2n) is 7.55. The number of hydrogen-bond acceptors (Lipinski definition) is 4. The van der Waals surface area contributed by atoms with Gasteiger partial charge in [-0.15, -0.1) is 0 Å². The Morgan fingerprint density at radius 3 is 2.04 bits per heavy atom. The summed E-state index contributed by atoms with van der Waals surface area (Å²) in [4.78, 5) is 0. The lowest BCUT2D eigenvalue weighted by Crippen LogP contribution is -2.45. The summed E-state index contributed by atoms with van der Waals surface area (Å²) in [5.74, 6) is -0.646. The molecule has 0 aliphatic heterocycles. The van der Waals surface area contributed by atoms with Gasteiger partial charge in [0.2, 0.25) is 0 Å². The Morgan fingerprint density at radius 1 is 0.840 bits per heavy atom. The van der Waals surface area contributed by atoms with Gasteiger partial charge < -0.3 is 19.5 Å². The van der Waals surface area contributed by atoms with Gasteiger partial charge in [0.25, 0.3) is 5.97 Å². The van der Waals surface area contributed by atoms with Crippen LogP contribution in [0.1, 0.15) is 90.4 Å². The predicted molar refractivity (Wildman–Crippen MR) is 105 cm³/mol. The van der Waals surface area contributed by atoms with Gasteiger partial charge in [-0.25, -0.2) is 0 Å². The van der Waals surface area contributed by atoms with Crippen molar-refractivity contribution in [1.82, 2.24) is 5.32 Å². The lowest BCUT2D eigenvalue weighted by Gasteiger charge is -2.37. The lowest BCUT2D eigenvalue weighted by atomic mass is 9.92. The second kappa shape index (κ2) is 14.0. The fourth-order valence-corrected chi connectivity index (χ4v) is 4.19. The summed E-state index contributed by atoms with van der Waals surface area (Å²) in [7, 11) is 5.07. The van der Waals surface area contributed by atoms with Crippen molar-refractivity contribution in [3.63, 3.8) is 0 Å². The molecule has 1 aliphatic carbocycles. The molecule has 0 aromatic carbocycles. The summed E-state index contributed by atoms with van der Waals surface area (Å²) in [5, 5.41) is 3.75. The van der Waals surface area contributed by atoms with E-state index in [1.807, 2.05) is 0 Å². The van der Waals surface area contributed by atoms with Crippen LogP contribution in [0.5, 0.6) is 0 Å². The Morgan fingerprint density at radius 2 is 1.44 bits per heavy atom. The molecule has 0 saturated heterocycles. The van der Waals surface area contributed by atoms with E-state index in [1.54, 1.807) is 21.3 Å². The van der Waals surface area contributed by atoms with E-state index in [0.29, 0.717) is 6.04 Å². The van der Waals surface area contributed by atoms with Gasteiger partial charge in [0, 0.05) is 33.3 Å². The molecule has 1 atom stereocenters. The molecule has 4 nitrogen and oxygen atoms in total. The first kappa shape index (κ1) is 22.9. The van der Waals surface area contributed by atoms with Crippen LogP contribution >= 0.6 is 0 Å². The molecule has 0 spiro atoms. The maximum atomic E-state index is 5.66. The minimum absolute atomic E-state index is 0.259. The number of unbranched alkanes of at least 4 members (excludes halogenated alkanes) is 5. The van der Waals surface area contributed by atoms with Crippen LogP contribution in [-0.2, 0) is 14.2 Å². The summed E-state index contributed by atoms with van der Waals surface area (Å²) in [5.41, 5.74) is 0. The van der Waals surface area contributed by atoms with Crippen LogP contribution in [0.25, 0.3) is 0 Å². The average molecular weight is 358 g/mol. The molecule has 25 heavy (non-hydrogen) atoms. The molecule has 150 valence electrons. The van der Waals surface area contributed by atoms with Crippen LogP contribution in [0, 0.1) is 5.92 Å². The Balaban J connectivity index is 2.43. The largest absolute Gasteiger partial charge is 0.331 e. The van der Waals surface area contributed by atoms with E-state index < -0.39 is 5.97 Å². The van der Waals surface area contributed by atoms with Gasteiger partial charge in [0.1, 0.15) is 0 Å². The lowest BCUT2D eigenvalue weighted by molar-refractivity contribution is -0.380. The van der Waals surface area contributed by atoms with Crippen molar-refractivity contribution in [2.75, 3.05) is 27.9 Å². The molecule has 0 aromatic rings. The zero-order chi connectivity index (χ0) is 18.4. The SMILES string of the molecule is CCCCCCCCC(CCNC1CCCCC1)C(OC)(OC)OC. The van der Waals surface area contributed by atoms with Gasteiger partial charge in [-0.1, -0.05) is 64.7 Å². The van der Waals surface area contributed by atoms with Crippen LogP contribution < -0.4 is 5.32 Å². The fraction of sp³-hybridized carbons (Fsp3) is 1.00. The van der Waals surface area contributed by atoms with Crippen molar-refractivity contribution in [2.45, 2.75) is 102 Å². The van der Waals surface area contributed by atoms with Crippen molar-refractivity contribution < 1.29 is 14.2 Å². The highest BCUT2D eigenvalue weighted by Crippen LogP contribution is 2.31. The average Bonchev–Trinajstić information content (AvgIpc) is 2.66. The molecular weight excluding hydrogens is 314 g/mol. The molecule has 1 saturated carbocycles. The zero-order valence-corrected chi connectivity index (χ0v) is 17.3. The maximum Gasteiger partial charge on any atom is 0.285 e. The topological polar surface area (TPSA) is 39.7 Å². The smallest absolute Gasteiger partial charge is 0.285 e. The van der Waals surface area contributed by atoms with Crippen molar-refractivity contribution in [1.29, 1.82) is 0 Å². The summed E-state index contributed by atoms with van der Waals surface area (Å²) >= 11 is 0. The van der Waals surface area contributed by atoms with Crippen molar-refractivity contribution in [2.24, 2.45) is 5.92 Å². The Hall–Kier alpha value is -0.160. The number of rotatable bonds is 15. The van der Waals surface area contributed by atoms with E-state index in [-0.39, 0.29) is 5.92 Å². The summed E-state index contributed by atoms with van der Waals surface area (Å²) < 4.78 is 17.0. The summed E-state index contributed by atoms with van der Waals surface area (Å²) in [6, 6.07) is 0.700. The Kier molecular flexibility index (Phi) is 12.8. The molecule has 1 fully saturated rings. The maximum absolute atomic E-state index is 5.66. The summed E-state index contributed by atoms with van der Waals surface area (Å²) in [6.07, 6.45) is 16.8. The van der Waals surface area contributed by atoms with E-state index in [2.05, 4.69) is 12.2 Å². The highest BCUT2D eigenvalue weighted by Gasteiger charge is 2.39. The third kappa shape index (κ3) is 8.38. The van der Waals surface area contributed by atoms with Crippen LogP contribution in [0.3, 0.4) is 0 Å². The van der Waals surface area contributed by atoms with Crippen molar-refractivity contribution >= 4 is 0 Å². The molecule has 0 radical (unpaired) electrons. The van der Waals surface area contributed by atoms with E-state index >= 15 is 0 Å². The molecule has 0 heterocycles. The van der Waals surface area contributed by atoms with Crippen LogP contribution in [0.4, 0.5) is 0 Å². The number of ether oxygens (including phenoxy) is 3. The molecule has 0 aromatic heterocycles. The van der Waals surface area contributed by atoms with Gasteiger partial charge in [-0.2, -0.15) is 0 Å². The fourth-order valence-electron chi connectivity index (χ4n) is 4.19. The van der Waals surface area contributed by atoms with E-state index in [9.17, 15) is 0 Å². The van der Waals surface area contributed by atoms with Gasteiger partial charge >= 0.3 is 0 Å². The predicted octanol–water partition coefficient (Wildman–Crippen LogP) is 5.26. The van der Waals surface area contributed by atoms with E-state index in [1.165, 1.54) is 70.6 Å². The molecule has 1 rings (SSSR count). The zero-order valence-electron chi connectivity index (χ0n) is 17.3. The summed E-state index contributed by atoms with van der Waals surface area (Å²) in [6.45, 7) is 3.28. The van der Waals surface area contributed by atoms with E-state index in [0.717, 1.165) is 19.4 Å². The molecule has 1 unspecified atom stereocenters. The minimum Gasteiger partial charge on any atom is -0.331 e. The monoisotopic (exact) mass is 357 g/mol. The van der Waals surface area contributed by atoms with Gasteiger partial charge in [-0.05, 0) is 32.2 Å². The normalized spacial score (nSPS) is 17.8. The van der Waals surface area contributed by atoms with Gasteiger partial charge in [-0.3, -0.25) is 0 Å². The number of methoxy groups -OCH3 is 3. The minimum atomic E-state index is -0.905. The third-order valence-corrected chi connectivity index (χ3v) is 5.79. The number of hydrogen-bond donors (Lipinski definition) is 1. The van der Waals surface area contributed by atoms with Gasteiger partial charge in [0.15, 0.2) is 0 Å². The van der Waals surface area contributed by atoms with Crippen LogP contribution in [0.15, 0.2) is 0 Å². The van der Waals surface area contributed by atoms with Crippen molar-refractivity contribution in [3.8, 4) is 0 Å². The first-order chi connectivity index (χ1) is 12.2. The van der Waals surface area contributed by atoms with Crippen LogP contribution in [-0.4, -0.2) is 39.9 Å². The third-order valence-electron chi connectivity index (χ3n) is 5.79. The van der Waals surface area contributed by atoms with Crippen molar-refractivity contribution in [3.05, 3.63) is 0 Å². The number of nitrogens with one attached hydrogen (secondary N) is 1. The highest BCUT2D eigenvalue weighted by molar-refractivity contribution is 4.76. The highest BCUT2D eigenvalue weighted by atomic mass is 16.9. The molecule has 0 bridgehead atoms. The standard InChI is InChI=1S/C21H43NO3/c1-5-6-7-8-9-11-14-19(21(23-2,24-3)25-4)17-18-22-20-15-12-10-13-16-20/h19-20,22H,5-18H2,1-4H3. The van der Waals surface area contributed by atoms with E-state index in [4.69, 9.17) is 14.2 Å². The molecule has 4 heteroatoms. The first-order valence-corrected chi connectivity index (χ1v) is 10.6. The molecule has 1 aliphatic rings. The Labute approximate surface area is 156 Å². The quantitative estimate of drug-likeness (QED) is 0.321. The van der Waals surface area contributed by atoms with Crippen LogP contribution in [0.2, 0.25) is 0 Å². The molecule has 1 N–H and O–H groups in total. The molecular formula is C21H43NO3. The second-order valence-corrected chi connectivity index (χ2v) is 7.55. The van der Waals surface area contributed by atoms with Gasteiger partial charge in [0.05, 0.1) is 0 Å². The first-order valence-electron chi connectivity index (χ1n) is 10.6. The Bertz CT molecular complexity index is 293.